The third-order valence-corrected chi connectivity index (χ3v) is 3.39. The Morgan fingerprint density at radius 2 is 1.81 bits per heavy atom. The summed E-state index contributed by atoms with van der Waals surface area (Å²) >= 11 is 0. The van der Waals surface area contributed by atoms with Gasteiger partial charge in [-0.15, -0.1) is 0 Å². The first-order valence-corrected chi connectivity index (χ1v) is 7.23. The maximum atomic E-state index is 5.93. The van der Waals surface area contributed by atoms with Crippen molar-refractivity contribution in [3.8, 4) is 11.5 Å². The maximum Gasteiger partial charge on any atom is 0.123 e. The molecule has 0 fully saturated rings. The van der Waals surface area contributed by atoms with Gasteiger partial charge in [0.25, 0.3) is 0 Å². The molecule has 0 saturated heterocycles. The topological polar surface area (TPSA) is 30.5 Å². The van der Waals surface area contributed by atoms with Gasteiger partial charge in [-0.1, -0.05) is 29.8 Å². The molecule has 0 aromatic heterocycles. The van der Waals surface area contributed by atoms with Gasteiger partial charge in [-0.05, 0) is 37.7 Å². The van der Waals surface area contributed by atoms with Crippen molar-refractivity contribution >= 4 is 0 Å². The Labute approximate surface area is 126 Å². The summed E-state index contributed by atoms with van der Waals surface area (Å²) in [5, 5.41) is 3.18. The lowest BCUT2D eigenvalue weighted by atomic mass is 10.1. The van der Waals surface area contributed by atoms with E-state index >= 15 is 0 Å². The SMILES string of the molecule is CNCc1cc(C)ccc1OCCc1ccc(OC)cc1. The molecule has 21 heavy (non-hydrogen) atoms. The summed E-state index contributed by atoms with van der Waals surface area (Å²) in [5.41, 5.74) is 3.70. The zero-order chi connectivity index (χ0) is 15.1. The molecule has 0 aliphatic rings. The molecule has 0 heterocycles. The van der Waals surface area contributed by atoms with Crippen LogP contribution in [0.15, 0.2) is 42.5 Å². The Bertz CT molecular complexity index is 564. The number of hydrogen-bond donors (Lipinski definition) is 1. The van der Waals surface area contributed by atoms with Gasteiger partial charge in [-0.25, -0.2) is 0 Å². The van der Waals surface area contributed by atoms with E-state index in [1.54, 1.807) is 7.11 Å². The van der Waals surface area contributed by atoms with Gasteiger partial charge in [0.15, 0.2) is 0 Å². The number of rotatable bonds is 7. The van der Waals surface area contributed by atoms with Crippen molar-refractivity contribution in [2.24, 2.45) is 0 Å². The minimum atomic E-state index is 0.673. The lowest BCUT2D eigenvalue weighted by Crippen LogP contribution is -2.09. The molecule has 0 aliphatic heterocycles. The average Bonchev–Trinajstić information content (AvgIpc) is 2.50. The van der Waals surface area contributed by atoms with Gasteiger partial charge in [0.05, 0.1) is 13.7 Å². The van der Waals surface area contributed by atoms with E-state index in [-0.39, 0.29) is 0 Å². The Morgan fingerprint density at radius 1 is 1.05 bits per heavy atom. The predicted molar refractivity (Wildman–Crippen MR) is 86.1 cm³/mol. The van der Waals surface area contributed by atoms with Gasteiger partial charge >= 0.3 is 0 Å². The monoisotopic (exact) mass is 285 g/mol. The largest absolute Gasteiger partial charge is 0.497 e. The molecule has 0 unspecified atom stereocenters. The third kappa shape index (κ3) is 4.50. The molecule has 0 spiro atoms. The van der Waals surface area contributed by atoms with Crippen LogP contribution < -0.4 is 14.8 Å². The van der Waals surface area contributed by atoms with Crippen molar-refractivity contribution in [3.05, 3.63) is 59.2 Å². The third-order valence-electron chi connectivity index (χ3n) is 3.39. The van der Waals surface area contributed by atoms with Crippen LogP contribution in [0.3, 0.4) is 0 Å². The Morgan fingerprint density at radius 3 is 2.48 bits per heavy atom. The fraction of sp³-hybridized carbons (Fsp3) is 0.333. The predicted octanol–water partition coefficient (Wildman–Crippen LogP) is 3.34. The van der Waals surface area contributed by atoms with E-state index in [1.807, 2.05) is 19.2 Å². The fourth-order valence-corrected chi connectivity index (χ4v) is 2.25. The van der Waals surface area contributed by atoms with E-state index in [2.05, 4.69) is 42.6 Å². The quantitative estimate of drug-likeness (QED) is 0.846. The van der Waals surface area contributed by atoms with E-state index in [1.165, 1.54) is 16.7 Å². The second kappa shape index (κ2) is 7.70. The molecule has 2 aromatic carbocycles. The molecule has 3 nitrogen and oxygen atoms in total. The number of hydrogen-bond acceptors (Lipinski definition) is 3. The molecule has 1 N–H and O–H groups in total. The van der Waals surface area contributed by atoms with Crippen LogP contribution >= 0.6 is 0 Å². The molecule has 0 bridgehead atoms. The second-order valence-corrected chi connectivity index (χ2v) is 5.09. The summed E-state index contributed by atoms with van der Waals surface area (Å²) in [4.78, 5) is 0. The van der Waals surface area contributed by atoms with Gasteiger partial charge in [0.2, 0.25) is 0 Å². The van der Waals surface area contributed by atoms with Crippen molar-refractivity contribution < 1.29 is 9.47 Å². The fourth-order valence-electron chi connectivity index (χ4n) is 2.25. The highest BCUT2D eigenvalue weighted by atomic mass is 16.5. The molecule has 112 valence electrons. The van der Waals surface area contributed by atoms with E-state index < -0.39 is 0 Å². The van der Waals surface area contributed by atoms with Gasteiger partial charge in [-0.2, -0.15) is 0 Å². The van der Waals surface area contributed by atoms with Crippen molar-refractivity contribution in [3.63, 3.8) is 0 Å². The van der Waals surface area contributed by atoms with E-state index in [9.17, 15) is 0 Å². The van der Waals surface area contributed by atoms with Crippen LogP contribution in [0.25, 0.3) is 0 Å². The van der Waals surface area contributed by atoms with Gasteiger partial charge in [0, 0.05) is 18.5 Å². The summed E-state index contributed by atoms with van der Waals surface area (Å²) in [7, 11) is 3.63. The molecule has 0 amide bonds. The van der Waals surface area contributed by atoms with Crippen molar-refractivity contribution in [2.75, 3.05) is 20.8 Å². The van der Waals surface area contributed by atoms with Crippen LogP contribution in [0.4, 0.5) is 0 Å². The van der Waals surface area contributed by atoms with E-state index in [0.29, 0.717) is 6.61 Å². The van der Waals surface area contributed by atoms with Gasteiger partial charge in [-0.3, -0.25) is 0 Å². The Hall–Kier alpha value is -2.00. The summed E-state index contributed by atoms with van der Waals surface area (Å²) < 4.78 is 11.1. The number of methoxy groups -OCH3 is 1. The number of aryl methyl sites for hydroxylation is 1. The number of nitrogens with one attached hydrogen (secondary N) is 1. The normalized spacial score (nSPS) is 10.4. The summed E-state index contributed by atoms with van der Waals surface area (Å²) in [6.07, 6.45) is 0.886. The Kier molecular flexibility index (Phi) is 5.64. The lowest BCUT2D eigenvalue weighted by molar-refractivity contribution is 0.318. The van der Waals surface area contributed by atoms with Crippen molar-refractivity contribution in [1.29, 1.82) is 0 Å². The van der Waals surface area contributed by atoms with E-state index in [0.717, 1.165) is 24.5 Å². The second-order valence-electron chi connectivity index (χ2n) is 5.09. The lowest BCUT2D eigenvalue weighted by Gasteiger charge is -2.12. The minimum absolute atomic E-state index is 0.673. The first-order chi connectivity index (χ1) is 10.2. The van der Waals surface area contributed by atoms with E-state index in [4.69, 9.17) is 9.47 Å². The maximum absolute atomic E-state index is 5.93. The number of ether oxygens (including phenoxy) is 2. The van der Waals surface area contributed by atoms with Gasteiger partial charge in [0.1, 0.15) is 11.5 Å². The molecule has 0 aliphatic carbocycles. The minimum Gasteiger partial charge on any atom is -0.497 e. The highest BCUT2D eigenvalue weighted by Gasteiger charge is 2.04. The molecular weight excluding hydrogens is 262 g/mol. The molecule has 2 rings (SSSR count). The molecule has 0 saturated carbocycles. The van der Waals surface area contributed by atoms with Crippen LogP contribution in [0.1, 0.15) is 16.7 Å². The highest BCUT2D eigenvalue weighted by molar-refractivity contribution is 5.37. The van der Waals surface area contributed by atoms with Crippen molar-refractivity contribution in [1.82, 2.24) is 5.32 Å². The molecule has 2 aromatic rings. The zero-order valence-electron chi connectivity index (χ0n) is 13.0. The van der Waals surface area contributed by atoms with Crippen LogP contribution in [0, 0.1) is 6.92 Å². The zero-order valence-corrected chi connectivity index (χ0v) is 13.0. The standard InChI is InChI=1S/C18H23NO2/c1-14-4-9-18(16(12-14)13-19-2)21-11-10-15-5-7-17(20-3)8-6-15/h4-9,12,19H,10-11,13H2,1-3H3. The first-order valence-electron chi connectivity index (χ1n) is 7.23. The summed E-state index contributed by atoms with van der Waals surface area (Å²) in [6.45, 7) is 3.59. The van der Waals surface area contributed by atoms with Crippen molar-refractivity contribution in [2.45, 2.75) is 19.9 Å². The number of benzene rings is 2. The van der Waals surface area contributed by atoms with Crippen LogP contribution in [0.2, 0.25) is 0 Å². The summed E-state index contributed by atoms with van der Waals surface area (Å²) in [6, 6.07) is 14.4. The molecule has 0 radical (unpaired) electrons. The van der Waals surface area contributed by atoms with Crippen LogP contribution in [0.5, 0.6) is 11.5 Å². The van der Waals surface area contributed by atoms with Gasteiger partial charge < -0.3 is 14.8 Å². The molecule has 0 atom stereocenters. The highest BCUT2D eigenvalue weighted by Crippen LogP contribution is 2.20. The Balaban J connectivity index is 1.93. The molecular formula is C18H23NO2. The van der Waals surface area contributed by atoms with Crippen LogP contribution in [-0.4, -0.2) is 20.8 Å². The average molecular weight is 285 g/mol. The smallest absolute Gasteiger partial charge is 0.123 e. The first kappa shape index (κ1) is 15.4. The summed E-state index contributed by atoms with van der Waals surface area (Å²) in [5.74, 6) is 1.85. The van der Waals surface area contributed by atoms with Crippen LogP contribution in [-0.2, 0) is 13.0 Å². The molecule has 3 heteroatoms.